The lowest BCUT2D eigenvalue weighted by atomic mass is 10.2. The third kappa shape index (κ3) is 6.24. The zero-order chi connectivity index (χ0) is 18.8. The van der Waals surface area contributed by atoms with Gasteiger partial charge >= 0.3 is 5.97 Å². The Morgan fingerprint density at radius 2 is 1.65 bits per heavy atom. The molecule has 2 aromatic carbocycles. The average Bonchev–Trinajstić information content (AvgIpc) is 2.67. The second-order valence-corrected chi connectivity index (χ2v) is 5.90. The summed E-state index contributed by atoms with van der Waals surface area (Å²) in [6.07, 6.45) is 2.78. The predicted molar refractivity (Wildman–Crippen MR) is 102 cm³/mol. The van der Waals surface area contributed by atoms with Crippen LogP contribution in [0.1, 0.15) is 42.6 Å². The van der Waals surface area contributed by atoms with Crippen LogP contribution in [0.3, 0.4) is 0 Å². The first-order valence-corrected chi connectivity index (χ1v) is 8.91. The predicted octanol–water partition coefficient (Wildman–Crippen LogP) is 4.22. The van der Waals surface area contributed by atoms with Gasteiger partial charge in [-0.25, -0.2) is 4.79 Å². The van der Waals surface area contributed by atoms with Crippen LogP contribution < -0.4 is 10.1 Å². The van der Waals surface area contributed by atoms with Crippen LogP contribution >= 0.6 is 0 Å². The molecule has 0 heterocycles. The number of esters is 1. The largest absolute Gasteiger partial charge is 0.484 e. The molecule has 0 aromatic heterocycles. The average molecular weight is 355 g/mol. The number of anilines is 1. The van der Waals surface area contributed by atoms with Gasteiger partial charge in [-0.3, -0.25) is 4.79 Å². The minimum Gasteiger partial charge on any atom is -0.484 e. The number of carbonyl (C=O) groups is 2. The summed E-state index contributed by atoms with van der Waals surface area (Å²) in [6.45, 7) is 4.46. The number of amides is 1. The fourth-order valence-corrected chi connectivity index (χ4v) is 2.25. The summed E-state index contributed by atoms with van der Waals surface area (Å²) < 4.78 is 10.6. The van der Waals surface area contributed by atoms with E-state index in [2.05, 4.69) is 12.2 Å². The van der Waals surface area contributed by atoms with Crippen molar-refractivity contribution in [3.8, 4) is 5.75 Å². The maximum Gasteiger partial charge on any atom is 0.338 e. The first-order chi connectivity index (χ1) is 12.6. The van der Waals surface area contributed by atoms with Crippen LogP contribution in [0.25, 0.3) is 0 Å². The highest BCUT2D eigenvalue weighted by Gasteiger charge is 2.08. The van der Waals surface area contributed by atoms with Crippen molar-refractivity contribution in [2.75, 3.05) is 18.5 Å². The smallest absolute Gasteiger partial charge is 0.338 e. The van der Waals surface area contributed by atoms with E-state index in [9.17, 15) is 9.59 Å². The molecule has 5 heteroatoms. The van der Waals surface area contributed by atoms with Gasteiger partial charge in [0.15, 0.2) is 6.61 Å². The summed E-state index contributed by atoms with van der Waals surface area (Å²) in [5.74, 6) is 0.0422. The normalized spacial score (nSPS) is 10.2. The molecule has 1 N–H and O–H groups in total. The van der Waals surface area contributed by atoms with Gasteiger partial charge in [0, 0.05) is 5.69 Å². The van der Waals surface area contributed by atoms with Gasteiger partial charge < -0.3 is 14.8 Å². The molecule has 0 aliphatic carbocycles. The molecule has 0 saturated heterocycles. The van der Waals surface area contributed by atoms with Crippen LogP contribution in [0.5, 0.6) is 5.75 Å². The molecule has 2 rings (SSSR count). The van der Waals surface area contributed by atoms with Crippen molar-refractivity contribution in [3.63, 3.8) is 0 Å². The second-order valence-electron chi connectivity index (χ2n) is 5.90. The molecule has 138 valence electrons. The van der Waals surface area contributed by atoms with Gasteiger partial charge in [-0.1, -0.05) is 32.4 Å². The quantitative estimate of drug-likeness (QED) is 0.540. The third-order valence-corrected chi connectivity index (χ3v) is 3.84. The summed E-state index contributed by atoms with van der Waals surface area (Å²) in [6, 6.07) is 14.3. The fraction of sp³-hybridized carbons (Fsp3) is 0.333. The molecule has 0 atom stereocenters. The summed E-state index contributed by atoms with van der Waals surface area (Å²) >= 11 is 0. The highest BCUT2D eigenvalue weighted by molar-refractivity contribution is 5.93. The molecule has 0 aliphatic rings. The standard InChI is InChI=1S/C21H25NO4/c1-3-5-14-25-21(24)17-8-10-18(11-9-17)22-20(23)15-26-19-12-6-16(4-2)7-13-19/h6-13H,3-5,14-15H2,1-2H3,(H,22,23). The number of carbonyl (C=O) groups excluding carboxylic acids is 2. The Balaban J connectivity index is 1.80. The zero-order valence-corrected chi connectivity index (χ0v) is 15.3. The van der Waals surface area contributed by atoms with Gasteiger partial charge in [0.2, 0.25) is 0 Å². The summed E-state index contributed by atoms with van der Waals surface area (Å²) in [5, 5.41) is 2.74. The van der Waals surface area contributed by atoms with E-state index in [1.54, 1.807) is 24.3 Å². The Hall–Kier alpha value is -2.82. The lowest BCUT2D eigenvalue weighted by molar-refractivity contribution is -0.118. The highest BCUT2D eigenvalue weighted by Crippen LogP contribution is 2.14. The molecule has 0 spiro atoms. The molecule has 0 radical (unpaired) electrons. The Kier molecular flexibility index (Phi) is 7.68. The number of rotatable bonds is 9. The highest BCUT2D eigenvalue weighted by atomic mass is 16.5. The lowest BCUT2D eigenvalue weighted by Crippen LogP contribution is -2.20. The third-order valence-electron chi connectivity index (χ3n) is 3.84. The number of hydrogen-bond acceptors (Lipinski definition) is 4. The van der Waals surface area contributed by atoms with Crippen molar-refractivity contribution in [2.45, 2.75) is 33.1 Å². The van der Waals surface area contributed by atoms with Crippen LogP contribution in [0, 0.1) is 0 Å². The second kappa shape index (κ2) is 10.2. The first-order valence-electron chi connectivity index (χ1n) is 8.91. The van der Waals surface area contributed by atoms with Crippen LogP contribution in [-0.2, 0) is 16.0 Å². The van der Waals surface area contributed by atoms with Gasteiger partial charge in [-0.2, -0.15) is 0 Å². The van der Waals surface area contributed by atoms with E-state index in [-0.39, 0.29) is 18.5 Å². The number of nitrogens with one attached hydrogen (secondary N) is 1. The number of ether oxygens (including phenoxy) is 2. The van der Waals surface area contributed by atoms with Crippen molar-refractivity contribution in [1.82, 2.24) is 0 Å². The van der Waals surface area contributed by atoms with E-state index in [4.69, 9.17) is 9.47 Å². The zero-order valence-electron chi connectivity index (χ0n) is 15.3. The van der Waals surface area contributed by atoms with E-state index in [1.807, 2.05) is 31.2 Å². The molecular formula is C21H25NO4. The lowest BCUT2D eigenvalue weighted by Gasteiger charge is -2.09. The van der Waals surface area contributed by atoms with Gasteiger partial charge in [0.25, 0.3) is 5.91 Å². The maximum atomic E-state index is 12.0. The van der Waals surface area contributed by atoms with E-state index in [1.165, 1.54) is 5.56 Å². The number of hydrogen-bond donors (Lipinski definition) is 1. The van der Waals surface area contributed by atoms with Crippen molar-refractivity contribution >= 4 is 17.6 Å². The minimum atomic E-state index is -0.352. The molecular weight excluding hydrogens is 330 g/mol. The van der Waals surface area contributed by atoms with Crippen LogP contribution in [-0.4, -0.2) is 25.1 Å². The maximum absolute atomic E-state index is 12.0. The van der Waals surface area contributed by atoms with Crippen LogP contribution in [0.2, 0.25) is 0 Å². The number of unbranched alkanes of at least 4 members (excludes halogenated alkanes) is 1. The van der Waals surface area contributed by atoms with Crippen molar-refractivity contribution in [2.24, 2.45) is 0 Å². The van der Waals surface area contributed by atoms with Gasteiger partial charge in [0.1, 0.15) is 5.75 Å². The Bertz CT molecular complexity index is 708. The molecule has 2 aromatic rings. The summed E-state index contributed by atoms with van der Waals surface area (Å²) in [4.78, 5) is 23.8. The monoisotopic (exact) mass is 355 g/mol. The van der Waals surface area contributed by atoms with Crippen molar-refractivity contribution in [1.29, 1.82) is 0 Å². The molecule has 0 saturated carbocycles. The molecule has 26 heavy (non-hydrogen) atoms. The molecule has 0 aliphatic heterocycles. The summed E-state index contributed by atoms with van der Waals surface area (Å²) in [7, 11) is 0. The summed E-state index contributed by atoms with van der Waals surface area (Å²) in [5.41, 5.74) is 2.28. The van der Waals surface area contributed by atoms with Crippen molar-refractivity contribution in [3.05, 3.63) is 59.7 Å². The first kappa shape index (κ1) is 19.5. The molecule has 0 unspecified atom stereocenters. The Morgan fingerprint density at radius 3 is 2.27 bits per heavy atom. The molecule has 0 bridgehead atoms. The number of aryl methyl sites for hydroxylation is 1. The fourth-order valence-electron chi connectivity index (χ4n) is 2.25. The van der Waals surface area contributed by atoms with Crippen molar-refractivity contribution < 1.29 is 19.1 Å². The van der Waals surface area contributed by atoms with Gasteiger partial charge in [-0.15, -0.1) is 0 Å². The SMILES string of the molecule is CCCCOC(=O)c1ccc(NC(=O)COc2ccc(CC)cc2)cc1. The topological polar surface area (TPSA) is 64.6 Å². The van der Waals surface area contributed by atoms with E-state index in [0.29, 0.717) is 23.6 Å². The van der Waals surface area contributed by atoms with E-state index in [0.717, 1.165) is 19.3 Å². The van der Waals surface area contributed by atoms with Crippen LogP contribution in [0.4, 0.5) is 5.69 Å². The van der Waals surface area contributed by atoms with E-state index < -0.39 is 0 Å². The number of benzene rings is 2. The van der Waals surface area contributed by atoms with Gasteiger partial charge in [-0.05, 0) is 54.8 Å². The molecule has 1 amide bonds. The van der Waals surface area contributed by atoms with E-state index >= 15 is 0 Å². The minimum absolute atomic E-state index is 0.0771. The Morgan fingerprint density at radius 1 is 0.962 bits per heavy atom. The Labute approximate surface area is 154 Å². The van der Waals surface area contributed by atoms with Gasteiger partial charge in [0.05, 0.1) is 12.2 Å². The molecule has 0 fully saturated rings. The molecule has 5 nitrogen and oxygen atoms in total. The van der Waals surface area contributed by atoms with Crippen LogP contribution in [0.15, 0.2) is 48.5 Å².